The molecule has 1 fully saturated rings. The number of piperidine rings is 1. The Balaban J connectivity index is 2.01. The molecule has 112 valence electrons. The molecule has 2 atom stereocenters. The first-order chi connectivity index (χ1) is 9.61. The SMILES string of the molecule is Cc1cc(C(O)CN2CCCCC2CCO)ccc1Cl. The van der Waals surface area contributed by atoms with Crippen molar-refractivity contribution >= 4 is 11.6 Å². The minimum Gasteiger partial charge on any atom is -0.396 e. The van der Waals surface area contributed by atoms with E-state index < -0.39 is 6.10 Å². The molecule has 1 aromatic rings. The van der Waals surface area contributed by atoms with E-state index in [0.29, 0.717) is 12.6 Å². The highest BCUT2D eigenvalue weighted by Gasteiger charge is 2.24. The van der Waals surface area contributed by atoms with Crippen LogP contribution in [0.5, 0.6) is 0 Å². The zero-order valence-corrected chi connectivity index (χ0v) is 12.8. The maximum atomic E-state index is 10.4. The molecule has 0 spiro atoms. The molecule has 2 N–H and O–H groups in total. The molecule has 0 aromatic heterocycles. The average molecular weight is 298 g/mol. The lowest BCUT2D eigenvalue weighted by Gasteiger charge is -2.36. The molecule has 3 nitrogen and oxygen atoms in total. The van der Waals surface area contributed by atoms with Gasteiger partial charge in [0.1, 0.15) is 0 Å². The molecule has 0 bridgehead atoms. The molecule has 0 radical (unpaired) electrons. The van der Waals surface area contributed by atoms with Gasteiger partial charge in [-0.3, -0.25) is 4.90 Å². The second kappa shape index (κ2) is 7.41. The minimum absolute atomic E-state index is 0.220. The summed E-state index contributed by atoms with van der Waals surface area (Å²) < 4.78 is 0. The number of aliphatic hydroxyl groups excluding tert-OH is 2. The first-order valence-corrected chi connectivity index (χ1v) is 7.78. The summed E-state index contributed by atoms with van der Waals surface area (Å²) in [5.41, 5.74) is 1.91. The Morgan fingerprint density at radius 1 is 1.40 bits per heavy atom. The first kappa shape index (κ1) is 15.8. The number of halogens is 1. The molecule has 1 heterocycles. The van der Waals surface area contributed by atoms with Crippen molar-refractivity contribution < 1.29 is 10.2 Å². The monoisotopic (exact) mass is 297 g/mol. The van der Waals surface area contributed by atoms with Crippen LogP contribution in [0.3, 0.4) is 0 Å². The van der Waals surface area contributed by atoms with Crippen LogP contribution in [0.25, 0.3) is 0 Å². The van der Waals surface area contributed by atoms with E-state index >= 15 is 0 Å². The molecule has 2 rings (SSSR count). The van der Waals surface area contributed by atoms with Crippen LogP contribution >= 0.6 is 11.6 Å². The van der Waals surface area contributed by atoms with Crippen LogP contribution in [0.2, 0.25) is 5.02 Å². The number of aryl methyl sites for hydroxylation is 1. The summed E-state index contributed by atoms with van der Waals surface area (Å²) in [4.78, 5) is 2.31. The van der Waals surface area contributed by atoms with Crippen molar-refractivity contribution in [2.75, 3.05) is 19.7 Å². The van der Waals surface area contributed by atoms with Gasteiger partial charge in [-0.2, -0.15) is 0 Å². The van der Waals surface area contributed by atoms with Crippen LogP contribution in [-0.2, 0) is 0 Å². The summed E-state index contributed by atoms with van der Waals surface area (Å²) in [7, 11) is 0. The van der Waals surface area contributed by atoms with Crippen LogP contribution in [0.1, 0.15) is 42.9 Å². The number of likely N-dealkylation sites (tertiary alicyclic amines) is 1. The summed E-state index contributed by atoms with van der Waals surface area (Å²) in [6.45, 7) is 3.81. The third kappa shape index (κ3) is 3.95. The van der Waals surface area contributed by atoms with E-state index in [0.717, 1.165) is 35.5 Å². The molecule has 0 amide bonds. The lowest BCUT2D eigenvalue weighted by atomic mass is 9.98. The summed E-state index contributed by atoms with van der Waals surface area (Å²) in [6, 6.07) is 6.09. The van der Waals surface area contributed by atoms with E-state index in [-0.39, 0.29) is 6.61 Å². The molecule has 0 saturated carbocycles. The van der Waals surface area contributed by atoms with Crippen LogP contribution in [0.15, 0.2) is 18.2 Å². The van der Waals surface area contributed by atoms with E-state index in [9.17, 15) is 5.11 Å². The molecule has 20 heavy (non-hydrogen) atoms. The van der Waals surface area contributed by atoms with E-state index in [4.69, 9.17) is 16.7 Å². The van der Waals surface area contributed by atoms with E-state index in [1.54, 1.807) is 0 Å². The number of hydrogen-bond donors (Lipinski definition) is 2. The van der Waals surface area contributed by atoms with Crippen LogP contribution in [0, 0.1) is 6.92 Å². The zero-order chi connectivity index (χ0) is 14.5. The number of hydrogen-bond acceptors (Lipinski definition) is 3. The van der Waals surface area contributed by atoms with Gasteiger partial charge in [0.2, 0.25) is 0 Å². The van der Waals surface area contributed by atoms with Crippen molar-refractivity contribution in [1.82, 2.24) is 4.90 Å². The highest BCUT2D eigenvalue weighted by atomic mass is 35.5. The Morgan fingerprint density at radius 3 is 2.90 bits per heavy atom. The molecule has 1 aromatic carbocycles. The van der Waals surface area contributed by atoms with E-state index in [2.05, 4.69) is 4.90 Å². The Bertz CT molecular complexity index is 436. The van der Waals surface area contributed by atoms with Gasteiger partial charge in [-0.15, -0.1) is 0 Å². The van der Waals surface area contributed by atoms with Crippen LogP contribution in [-0.4, -0.2) is 40.9 Å². The lowest BCUT2D eigenvalue weighted by Crippen LogP contribution is -2.42. The van der Waals surface area contributed by atoms with Crippen molar-refractivity contribution in [3.63, 3.8) is 0 Å². The maximum absolute atomic E-state index is 10.4. The van der Waals surface area contributed by atoms with Gasteiger partial charge in [-0.25, -0.2) is 0 Å². The van der Waals surface area contributed by atoms with Crippen molar-refractivity contribution in [3.8, 4) is 0 Å². The third-order valence-corrected chi connectivity index (χ3v) is 4.61. The fourth-order valence-corrected chi connectivity index (χ4v) is 3.10. The summed E-state index contributed by atoms with van der Waals surface area (Å²) in [5.74, 6) is 0. The predicted octanol–water partition coefficient (Wildman–Crippen LogP) is 2.92. The second-order valence-electron chi connectivity index (χ2n) is 5.68. The molecule has 1 saturated heterocycles. The van der Waals surface area contributed by atoms with Gasteiger partial charge >= 0.3 is 0 Å². The lowest BCUT2D eigenvalue weighted by molar-refractivity contribution is 0.0565. The topological polar surface area (TPSA) is 43.7 Å². The molecule has 4 heteroatoms. The molecular formula is C16H24ClNO2. The normalized spacial score (nSPS) is 21.9. The fourth-order valence-electron chi connectivity index (χ4n) is 2.98. The quantitative estimate of drug-likeness (QED) is 0.878. The van der Waals surface area contributed by atoms with Crippen molar-refractivity contribution in [2.45, 2.75) is 44.8 Å². The van der Waals surface area contributed by atoms with Gasteiger partial charge in [0.15, 0.2) is 0 Å². The highest BCUT2D eigenvalue weighted by Crippen LogP contribution is 2.25. The van der Waals surface area contributed by atoms with E-state index in [1.807, 2.05) is 25.1 Å². The van der Waals surface area contributed by atoms with Crippen LogP contribution in [0.4, 0.5) is 0 Å². The number of benzene rings is 1. The number of β-amino-alcohol motifs (C(OH)–C–C–N with tert-alkyl or cyclic N) is 1. The van der Waals surface area contributed by atoms with Gasteiger partial charge in [-0.05, 0) is 49.9 Å². The van der Waals surface area contributed by atoms with Crippen molar-refractivity contribution in [2.24, 2.45) is 0 Å². The molecule has 1 aliphatic heterocycles. The molecule has 1 aliphatic rings. The standard InChI is InChI=1S/C16H24ClNO2/c1-12-10-13(5-6-15(12)17)16(20)11-18-8-3-2-4-14(18)7-9-19/h5-6,10,14,16,19-20H,2-4,7-9,11H2,1H3. The Morgan fingerprint density at radius 2 is 2.20 bits per heavy atom. The summed E-state index contributed by atoms with van der Waals surface area (Å²) in [6.07, 6.45) is 3.82. The predicted molar refractivity (Wildman–Crippen MR) is 82.1 cm³/mol. The molecular weight excluding hydrogens is 274 g/mol. The van der Waals surface area contributed by atoms with Gasteiger partial charge in [-0.1, -0.05) is 30.2 Å². The maximum Gasteiger partial charge on any atom is 0.0917 e. The van der Waals surface area contributed by atoms with E-state index in [1.165, 1.54) is 12.8 Å². The number of rotatable bonds is 5. The van der Waals surface area contributed by atoms with Crippen molar-refractivity contribution in [3.05, 3.63) is 34.3 Å². The average Bonchev–Trinajstić information content (AvgIpc) is 2.44. The van der Waals surface area contributed by atoms with Crippen molar-refractivity contribution in [1.29, 1.82) is 0 Å². The minimum atomic E-state index is -0.495. The zero-order valence-electron chi connectivity index (χ0n) is 12.1. The first-order valence-electron chi connectivity index (χ1n) is 7.41. The third-order valence-electron chi connectivity index (χ3n) is 4.19. The smallest absolute Gasteiger partial charge is 0.0917 e. The number of aliphatic hydroxyl groups is 2. The Kier molecular flexibility index (Phi) is 5.85. The summed E-state index contributed by atoms with van der Waals surface area (Å²) >= 11 is 6.02. The highest BCUT2D eigenvalue weighted by molar-refractivity contribution is 6.31. The summed E-state index contributed by atoms with van der Waals surface area (Å²) in [5, 5.41) is 20.3. The second-order valence-corrected chi connectivity index (χ2v) is 6.09. The van der Waals surface area contributed by atoms with Gasteiger partial charge < -0.3 is 10.2 Å². The molecule has 2 unspecified atom stereocenters. The fraction of sp³-hybridized carbons (Fsp3) is 0.625. The van der Waals surface area contributed by atoms with Gasteiger partial charge in [0.05, 0.1) is 6.10 Å². The largest absolute Gasteiger partial charge is 0.396 e. The Hall–Kier alpha value is -0.610. The number of nitrogens with zero attached hydrogens (tertiary/aromatic N) is 1. The van der Waals surface area contributed by atoms with Gasteiger partial charge in [0, 0.05) is 24.2 Å². The Labute approximate surface area is 126 Å². The van der Waals surface area contributed by atoms with Crippen LogP contribution < -0.4 is 0 Å². The molecule has 0 aliphatic carbocycles. The van der Waals surface area contributed by atoms with Gasteiger partial charge in [0.25, 0.3) is 0 Å².